The molecule has 0 saturated carbocycles. The molecule has 0 aromatic heterocycles. The van der Waals surface area contributed by atoms with E-state index in [1.54, 1.807) is 7.11 Å². The van der Waals surface area contributed by atoms with E-state index in [0.717, 1.165) is 17.7 Å². The maximum absolute atomic E-state index is 11.0. The molecular formula is C11H12O3. The number of benzene rings is 1. The molecule has 1 heterocycles. The second-order valence-corrected chi connectivity index (χ2v) is 3.26. The summed E-state index contributed by atoms with van der Waals surface area (Å²) in [5.41, 5.74) is 0.959. The van der Waals surface area contributed by atoms with E-state index in [1.807, 2.05) is 24.3 Å². The van der Waals surface area contributed by atoms with E-state index >= 15 is 0 Å². The molecule has 1 fully saturated rings. The van der Waals surface area contributed by atoms with Gasteiger partial charge in [-0.25, -0.2) is 0 Å². The molecule has 0 radical (unpaired) electrons. The van der Waals surface area contributed by atoms with Crippen LogP contribution >= 0.6 is 0 Å². The minimum Gasteiger partial charge on any atom is -0.496 e. The molecule has 0 amide bonds. The van der Waals surface area contributed by atoms with Crippen LogP contribution in [0.15, 0.2) is 24.3 Å². The van der Waals surface area contributed by atoms with Crippen molar-refractivity contribution < 1.29 is 14.3 Å². The fraction of sp³-hybridized carbons (Fsp3) is 0.364. The first-order valence-corrected chi connectivity index (χ1v) is 4.63. The molecule has 1 aromatic carbocycles. The molecule has 1 aromatic rings. The lowest BCUT2D eigenvalue weighted by atomic mass is 10.1. The molecule has 14 heavy (non-hydrogen) atoms. The summed E-state index contributed by atoms with van der Waals surface area (Å²) in [5.74, 6) is 0.660. The number of cyclic esters (lactones) is 1. The summed E-state index contributed by atoms with van der Waals surface area (Å²) in [4.78, 5) is 11.0. The van der Waals surface area contributed by atoms with Gasteiger partial charge in [-0.05, 0) is 12.5 Å². The number of rotatable bonds is 2. The van der Waals surface area contributed by atoms with E-state index in [0.29, 0.717) is 6.42 Å². The molecule has 3 nitrogen and oxygen atoms in total. The normalized spacial score (nSPS) is 20.6. The topological polar surface area (TPSA) is 35.5 Å². The highest BCUT2D eigenvalue weighted by Gasteiger charge is 2.26. The van der Waals surface area contributed by atoms with Crippen LogP contribution < -0.4 is 4.74 Å². The molecule has 1 atom stereocenters. The van der Waals surface area contributed by atoms with Gasteiger partial charge in [0.05, 0.1) is 7.11 Å². The number of esters is 1. The second kappa shape index (κ2) is 3.70. The van der Waals surface area contributed by atoms with E-state index in [4.69, 9.17) is 9.47 Å². The van der Waals surface area contributed by atoms with Crippen molar-refractivity contribution >= 4 is 5.97 Å². The summed E-state index contributed by atoms with van der Waals surface area (Å²) in [6, 6.07) is 7.63. The minimum atomic E-state index is -0.126. The van der Waals surface area contributed by atoms with Crippen molar-refractivity contribution in [3.8, 4) is 5.75 Å². The Balaban J connectivity index is 2.27. The van der Waals surface area contributed by atoms with Gasteiger partial charge in [0.1, 0.15) is 11.9 Å². The van der Waals surface area contributed by atoms with Crippen LogP contribution in [0.3, 0.4) is 0 Å². The third-order valence-electron chi connectivity index (χ3n) is 2.37. The molecule has 1 aliphatic heterocycles. The van der Waals surface area contributed by atoms with E-state index in [2.05, 4.69) is 0 Å². The molecule has 2 rings (SSSR count). The van der Waals surface area contributed by atoms with Gasteiger partial charge in [0.15, 0.2) is 0 Å². The maximum atomic E-state index is 11.0. The quantitative estimate of drug-likeness (QED) is 0.673. The van der Waals surface area contributed by atoms with Gasteiger partial charge in [-0.15, -0.1) is 0 Å². The zero-order valence-electron chi connectivity index (χ0n) is 8.03. The standard InChI is InChI=1S/C11H12O3/c1-13-9-5-3-2-4-8(9)10-6-7-11(12)14-10/h2-5,10H,6-7H2,1H3/t10-/m0/s1. The lowest BCUT2D eigenvalue weighted by Gasteiger charge is -2.13. The minimum absolute atomic E-state index is 0.124. The van der Waals surface area contributed by atoms with Crippen molar-refractivity contribution in [3.63, 3.8) is 0 Å². The zero-order chi connectivity index (χ0) is 9.97. The highest BCUT2D eigenvalue weighted by Crippen LogP contribution is 2.34. The van der Waals surface area contributed by atoms with Crippen molar-refractivity contribution in [1.29, 1.82) is 0 Å². The Morgan fingerprint density at radius 2 is 2.21 bits per heavy atom. The Kier molecular flexibility index (Phi) is 2.39. The van der Waals surface area contributed by atoms with Gasteiger partial charge < -0.3 is 9.47 Å². The van der Waals surface area contributed by atoms with E-state index in [9.17, 15) is 4.79 Å². The Hall–Kier alpha value is -1.51. The molecule has 0 spiro atoms. The van der Waals surface area contributed by atoms with Gasteiger partial charge in [-0.2, -0.15) is 0 Å². The van der Waals surface area contributed by atoms with Gasteiger partial charge in [0.25, 0.3) is 0 Å². The molecule has 1 aliphatic rings. The first kappa shape index (κ1) is 9.06. The second-order valence-electron chi connectivity index (χ2n) is 3.26. The van der Waals surface area contributed by atoms with Crippen LogP contribution in [-0.4, -0.2) is 13.1 Å². The zero-order valence-corrected chi connectivity index (χ0v) is 8.03. The maximum Gasteiger partial charge on any atom is 0.306 e. The van der Waals surface area contributed by atoms with Crippen molar-refractivity contribution in [1.82, 2.24) is 0 Å². The number of methoxy groups -OCH3 is 1. The van der Waals surface area contributed by atoms with Gasteiger partial charge in [-0.1, -0.05) is 18.2 Å². The smallest absolute Gasteiger partial charge is 0.306 e. The first-order valence-electron chi connectivity index (χ1n) is 4.63. The molecule has 0 aliphatic carbocycles. The van der Waals surface area contributed by atoms with Crippen LogP contribution in [0, 0.1) is 0 Å². The summed E-state index contributed by atoms with van der Waals surface area (Å²) in [7, 11) is 1.62. The lowest BCUT2D eigenvalue weighted by Crippen LogP contribution is -2.00. The summed E-state index contributed by atoms with van der Waals surface area (Å²) >= 11 is 0. The number of hydrogen-bond donors (Lipinski definition) is 0. The van der Waals surface area contributed by atoms with Crippen LogP contribution in [0.2, 0.25) is 0 Å². The van der Waals surface area contributed by atoms with Crippen LogP contribution in [0.25, 0.3) is 0 Å². The summed E-state index contributed by atoms with van der Waals surface area (Å²) < 4.78 is 10.4. The van der Waals surface area contributed by atoms with E-state index < -0.39 is 0 Å². The van der Waals surface area contributed by atoms with E-state index in [-0.39, 0.29) is 12.1 Å². The van der Waals surface area contributed by atoms with Crippen LogP contribution in [0.4, 0.5) is 0 Å². The number of carbonyl (C=O) groups excluding carboxylic acids is 1. The van der Waals surface area contributed by atoms with E-state index in [1.165, 1.54) is 0 Å². The summed E-state index contributed by atoms with van der Waals surface area (Å²) in [5, 5.41) is 0. The fourth-order valence-electron chi connectivity index (χ4n) is 1.68. The predicted octanol–water partition coefficient (Wildman–Crippen LogP) is 2.07. The number of ether oxygens (including phenoxy) is 2. The van der Waals surface area contributed by atoms with Crippen molar-refractivity contribution in [2.45, 2.75) is 18.9 Å². The molecule has 0 N–H and O–H groups in total. The first-order chi connectivity index (χ1) is 6.81. The number of carbonyl (C=O) groups is 1. The molecule has 74 valence electrons. The average molecular weight is 192 g/mol. The molecule has 0 unspecified atom stereocenters. The number of hydrogen-bond acceptors (Lipinski definition) is 3. The average Bonchev–Trinajstić information content (AvgIpc) is 2.65. The Bertz CT molecular complexity index is 346. The summed E-state index contributed by atoms with van der Waals surface area (Å²) in [6.45, 7) is 0. The highest BCUT2D eigenvalue weighted by atomic mass is 16.6. The molecule has 0 bridgehead atoms. The van der Waals surface area contributed by atoms with Gasteiger partial charge in [0.2, 0.25) is 0 Å². The summed E-state index contributed by atoms with van der Waals surface area (Å²) in [6.07, 6.45) is 1.13. The van der Waals surface area contributed by atoms with Crippen LogP contribution in [0.5, 0.6) is 5.75 Å². The van der Waals surface area contributed by atoms with Crippen molar-refractivity contribution in [2.75, 3.05) is 7.11 Å². The molecule has 1 saturated heterocycles. The molecular weight excluding hydrogens is 180 g/mol. The third kappa shape index (κ3) is 1.58. The monoisotopic (exact) mass is 192 g/mol. The largest absolute Gasteiger partial charge is 0.496 e. The Labute approximate surface area is 82.6 Å². The molecule has 3 heteroatoms. The van der Waals surface area contributed by atoms with Gasteiger partial charge in [-0.3, -0.25) is 4.79 Å². The highest BCUT2D eigenvalue weighted by molar-refractivity contribution is 5.72. The Morgan fingerprint density at radius 3 is 2.86 bits per heavy atom. The van der Waals surface area contributed by atoms with Crippen LogP contribution in [-0.2, 0) is 9.53 Å². The van der Waals surface area contributed by atoms with Crippen LogP contribution in [0.1, 0.15) is 24.5 Å². The Morgan fingerprint density at radius 1 is 1.43 bits per heavy atom. The van der Waals surface area contributed by atoms with Gasteiger partial charge in [0, 0.05) is 12.0 Å². The third-order valence-corrected chi connectivity index (χ3v) is 2.37. The lowest BCUT2D eigenvalue weighted by molar-refractivity contribution is -0.141. The predicted molar refractivity (Wildman–Crippen MR) is 51.1 cm³/mol. The van der Waals surface area contributed by atoms with Crippen molar-refractivity contribution in [2.24, 2.45) is 0 Å². The van der Waals surface area contributed by atoms with Crippen molar-refractivity contribution in [3.05, 3.63) is 29.8 Å². The van der Waals surface area contributed by atoms with Gasteiger partial charge >= 0.3 is 5.97 Å². The SMILES string of the molecule is COc1ccccc1[C@@H]1CCC(=O)O1. The number of para-hydroxylation sites is 1. The fourth-order valence-corrected chi connectivity index (χ4v) is 1.68.